The van der Waals surface area contributed by atoms with Crippen molar-refractivity contribution in [1.29, 1.82) is 0 Å². The van der Waals surface area contributed by atoms with Crippen LogP contribution >= 0.6 is 11.3 Å². The smallest absolute Gasteiger partial charge is 0.256 e. The summed E-state index contributed by atoms with van der Waals surface area (Å²) >= 11 is 1.67. The number of thiophene rings is 1. The summed E-state index contributed by atoms with van der Waals surface area (Å²) < 4.78 is 0. The second-order valence-electron chi connectivity index (χ2n) is 7.14. The predicted octanol–water partition coefficient (Wildman–Crippen LogP) is 3.38. The van der Waals surface area contributed by atoms with E-state index in [1.807, 2.05) is 19.1 Å². The lowest BCUT2D eigenvalue weighted by Crippen LogP contribution is -2.39. The third kappa shape index (κ3) is 2.79. The average Bonchev–Trinajstić information content (AvgIpc) is 2.92. The van der Waals surface area contributed by atoms with Crippen LogP contribution < -0.4 is 10.6 Å². The molecule has 1 amide bonds. The lowest BCUT2D eigenvalue weighted by Gasteiger charge is -2.31. The molecule has 0 saturated carbocycles. The highest BCUT2D eigenvalue weighted by Crippen LogP contribution is 2.41. The molecule has 0 saturated heterocycles. The number of phenolic OH excluding ortho intramolecular Hbond substituents is 1. The molecular weight excluding hydrogens is 334 g/mol. The monoisotopic (exact) mass is 357 g/mol. The Morgan fingerprint density at radius 2 is 2.12 bits per heavy atom. The van der Waals surface area contributed by atoms with Crippen molar-refractivity contribution in [2.75, 3.05) is 11.9 Å². The lowest BCUT2D eigenvalue weighted by atomic mass is 9.99. The van der Waals surface area contributed by atoms with Gasteiger partial charge >= 0.3 is 0 Å². The highest BCUT2D eigenvalue weighted by molar-refractivity contribution is 7.16. The zero-order valence-electron chi connectivity index (χ0n) is 14.7. The number of rotatable bonds is 2. The first-order valence-electron chi connectivity index (χ1n) is 8.69. The fourth-order valence-corrected chi connectivity index (χ4v) is 4.93. The summed E-state index contributed by atoms with van der Waals surface area (Å²) in [5.41, 5.74) is 3.67. The minimum absolute atomic E-state index is 0.0470. The maximum Gasteiger partial charge on any atom is 0.256 e. The number of benzene rings is 1. The summed E-state index contributed by atoms with van der Waals surface area (Å²) in [6.07, 6.45) is 0.511. The Hall–Kier alpha value is -2.05. The highest BCUT2D eigenvalue weighted by Gasteiger charge is 2.34. The summed E-state index contributed by atoms with van der Waals surface area (Å²) in [5.74, 6) is 0.155. The number of fused-ring (bicyclic) bond motifs is 3. The maximum absolute atomic E-state index is 12.8. The molecule has 2 aliphatic rings. The van der Waals surface area contributed by atoms with E-state index < -0.39 is 6.17 Å². The highest BCUT2D eigenvalue weighted by atomic mass is 32.1. The zero-order chi connectivity index (χ0) is 17.7. The number of amides is 1. The van der Waals surface area contributed by atoms with Gasteiger partial charge in [0.2, 0.25) is 0 Å². The molecule has 3 N–H and O–H groups in total. The van der Waals surface area contributed by atoms with Crippen molar-refractivity contribution in [3.8, 4) is 5.75 Å². The van der Waals surface area contributed by atoms with E-state index in [4.69, 9.17) is 0 Å². The summed E-state index contributed by atoms with van der Waals surface area (Å²) in [5, 5.41) is 17.6. The van der Waals surface area contributed by atoms with Crippen LogP contribution in [0.15, 0.2) is 18.2 Å². The number of carbonyl (C=O) groups excluding carboxylic acids is 1. The van der Waals surface area contributed by atoms with Crippen LogP contribution in [-0.4, -0.2) is 28.5 Å². The van der Waals surface area contributed by atoms with Crippen LogP contribution in [-0.2, 0) is 13.0 Å². The minimum atomic E-state index is -0.401. The average molecular weight is 357 g/mol. The number of anilines is 1. The van der Waals surface area contributed by atoms with E-state index in [0.717, 1.165) is 35.6 Å². The molecule has 0 bridgehead atoms. The number of nitrogens with zero attached hydrogens (tertiary/aromatic N) is 1. The Kier molecular flexibility index (Phi) is 3.96. The summed E-state index contributed by atoms with van der Waals surface area (Å²) in [6.45, 7) is 8.24. The SMILES string of the molecule is Cc1ccc([C@H]2NC(=O)c3c(sc4c3CCN(C(C)C)C4)N2)c(O)c1. The topological polar surface area (TPSA) is 64.6 Å². The van der Waals surface area contributed by atoms with E-state index in [2.05, 4.69) is 29.4 Å². The molecule has 0 aliphatic carbocycles. The van der Waals surface area contributed by atoms with Crippen LogP contribution in [0.25, 0.3) is 0 Å². The summed E-state index contributed by atoms with van der Waals surface area (Å²) in [4.78, 5) is 16.5. The molecule has 25 heavy (non-hydrogen) atoms. The molecule has 3 heterocycles. The van der Waals surface area contributed by atoms with Crippen LogP contribution in [0.4, 0.5) is 5.00 Å². The second kappa shape index (κ2) is 6.04. The number of hydrogen-bond acceptors (Lipinski definition) is 5. The van der Waals surface area contributed by atoms with E-state index in [0.29, 0.717) is 11.6 Å². The third-order valence-corrected chi connectivity index (χ3v) is 6.24. The Morgan fingerprint density at radius 1 is 1.32 bits per heavy atom. The Bertz CT molecular complexity index is 843. The van der Waals surface area contributed by atoms with Crippen molar-refractivity contribution in [1.82, 2.24) is 10.2 Å². The molecule has 0 unspecified atom stereocenters. The fourth-order valence-electron chi connectivity index (χ4n) is 3.63. The van der Waals surface area contributed by atoms with Gasteiger partial charge in [0.05, 0.1) is 5.56 Å². The molecule has 1 aromatic heterocycles. The number of aryl methyl sites for hydroxylation is 1. The molecule has 6 heteroatoms. The van der Waals surface area contributed by atoms with Crippen molar-refractivity contribution in [2.45, 2.75) is 45.9 Å². The van der Waals surface area contributed by atoms with Crippen molar-refractivity contribution < 1.29 is 9.90 Å². The van der Waals surface area contributed by atoms with Gasteiger partial charge in [0.15, 0.2) is 0 Å². The number of aromatic hydroxyl groups is 1. The first-order chi connectivity index (χ1) is 11.9. The molecule has 2 aromatic rings. The van der Waals surface area contributed by atoms with Crippen LogP contribution in [0.2, 0.25) is 0 Å². The van der Waals surface area contributed by atoms with Gasteiger partial charge in [0, 0.05) is 29.6 Å². The van der Waals surface area contributed by atoms with Crippen LogP contribution in [0.3, 0.4) is 0 Å². The van der Waals surface area contributed by atoms with E-state index >= 15 is 0 Å². The van der Waals surface area contributed by atoms with E-state index in [-0.39, 0.29) is 11.7 Å². The molecule has 4 rings (SSSR count). The van der Waals surface area contributed by atoms with Crippen LogP contribution in [0.1, 0.15) is 51.9 Å². The zero-order valence-corrected chi connectivity index (χ0v) is 15.5. The maximum atomic E-state index is 12.8. The number of carbonyl (C=O) groups is 1. The largest absolute Gasteiger partial charge is 0.508 e. The van der Waals surface area contributed by atoms with E-state index in [1.54, 1.807) is 17.4 Å². The molecule has 5 nitrogen and oxygen atoms in total. The Labute approximate surface area is 151 Å². The first-order valence-corrected chi connectivity index (χ1v) is 9.51. The molecule has 2 aliphatic heterocycles. The van der Waals surface area contributed by atoms with E-state index in [1.165, 1.54) is 10.4 Å². The van der Waals surface area contributed by atoms with Gasteiger partial charge in [-0.3, -0.25) is 9.69 Å². The van der Waals surface area contributed by atoms with Crippen LogP contribution in [0, 0.1) is 6.92 Å². The van der Waals surface area contributed by atoms with Gasteiger partial charge < -0.3 is 15.7 Å². The number of phenols is 1. The van der Waals surface area contributed by atoms with Gasteiger partial charge in [-0.25, -0.2) is 0 Å². The van der Waals surface area contributed by atoms with E-state index in [9.17, 15) is 9.90 Å². The summed E-state index contributed by atoms with van der Waals surface area (Å²) in [7, 11) is 0. The second-order valence-corrected chi connectivity index (χ2v) is 8.24. The van der Waals surface area contributed by atoms with Gasteiger partial charge in [0.1, 0.15) is 16.9 Å². The van der Waals surface area contributed by atoms with Gasteiger partial charge in [-0.1, -0.05) is 12.1 Å². The standard InChI is InChI=1S/C19H23N3O2S/c1-10(2)22-7-6-13-15(9-22)25-19-16(13)18(24)20-17(21-19)12-5-4-11(3)8-14(12)23/h4-5,8,10,17,21,23H,6-7,9H2,1-3H3,(H,20,24)/t17-/m0/s1. The number of hydrogen-bond donors (Lipinski definition) is 3. The molecule has 0 fully saturated rings. The normalized spacial score (nSPS) is 20.0. The molecular formula is C19H23N3O2S. The predicted molar refractivity (Wildman–Crippen MR) is 100 cm³/mol. The summed E-state index contributed by atoms with van der Waals surface area (Å²) in [6, 6.07) is 6.03. The van der Waals surface area contributed by atoms with Gasteiger partial charge in [-0.2, -0.15) is 0 Å². The van der Waals surface area contributed by atoms with Gasteiger partial charge in [-0.05, 0) is 44.4 Å². The molecule has 0 radical (unpaired) electrons. The molecule has 1 aromatic carbocycles. The van der Waals surface area contributed by atoms with Crippen molar-refractivity contribution >= 4 is 22.2 Å². The lowest BCUT2D eigenvalue weighted by molar-refractivity contribution is 0.0934. The Morgan fingerprint density at radius 3 is 2.84 bits per heavy atom. The molecule has 0 spiro atoms. The van der Waals surface area contributed by atoms with Crippen LogP contribution in [0.5, 0.6) is 5.75 Å². The van der Waals surface area contributed by atoms with Crippen molar-refractivity contribution in [2.24, 2.45) is 0 Å². The minimum Gasteiger partial charge on any atom is -0.508 e. The first kappa shape index (κ1) is 16.4. The third-order valence-electron chi connectivity index (χ3n) is 5.09. The molecule has 132 valence electrons. The van der Waals surface area contributed by atoms with Crippen molar-refractivity contribution in [3.63, 3.8) is 0 Å². The molecule has 1 atom stereocenters. The number of nitrogens with one attached hydrogen (secondary N) is 2. The van der Waals surface area contributed by atoms with Gasteiger partial charge in [0.25, 0.3) is 5.91 Å². The quantitative estimate of drug-likeness (QED) is 0.771. The Balaban J connectivity index is 1.67. The van der Waals surface area contributed by atoms with Gasteiger partial charge in [-0.15, -0.1) is 11.3 Å². The van der Waals surface area contributed by atoms with Crippen molar-refractivity contribution in [3.05, 3.63) is 45.3 Å². The fraction of sp³-hybridized carbons (Fsp3) is 0.421.